The van der Waals surface area contributed by atoms with Gasteiger partial charge in [0.25, 0.3) is 0 Å². The van der Waals surface area contributed by atoms with Crippen molar-refractivity contribution in [3.63, 3.8) is 0 Å². The van der Waals surface area contributed by atoms with Gasteiger partial charge in [-0.25, -0.2) is 4.98 Å². The number of fused-ring (bicyclic) bond motifs is 1. The minimum absolute atomic E-state index is 0.0173. The first-order chi connectivity index (χ1) is 10.1. The van der Waals surface area contributed by atoms with Crippen molar-refractivity contribution in [3.05, 3.63) is 36.3 Å². The fourth-order valence-corrected chi connectivity index (χ4v) is 2.12. The Morgan fingerprint density at radius 1 is 1.38 bits per heavy atom. The predicted octanol–water partition coefficient (Wildman–Crippen LogP) is 1.29. The summed E-state index contributed by atoms with van der Waals surface area (Å²) in [6.45, 7) is 2.47. The van der Waals surface area contributed by atoms with Crippen LogP contribution in [-0.4, -0.2) is 46.4 Å². The van der Waals surface area contributed by atoms with Gasteiger partial charge in [0.05, 0.1) is 19.2 Å². The molecule has 0 spiro atoms. The molecule has 6 heteroatoms. The van der Waals surface area contributed by atoms with E-state index >= 15 is 0 Å². The molecule has 1 amide bonds. The molecule has 2 aromatic heterocycles. The molecule has 0 atom stereocenters. The molecule has 2 heterocycles. The second-order valence-corrected chi connectivity index (χ2v) is 4.77. The first kappa shape index (κ1) is 15.0. The van der Waals surface area contributed by atoms with Crippen LogP contribution < -0.4 is 0 Å². The maximum Gasteiger partial charge on any atom is 0.325 e. The summed E-state index contributed by atoms with van der Waals surface area (Å²) in [5.74, 6) is -0.530. The third-order valence-corrected chi connectivity index (χ3v) is 3.14. The Morgan fingerprint density at radius 3 is 2.86 bits per heavy atom. The lowest BCUT2D eigenvalue weighted by atomic mass is 10.2. The van der Waals surface area contributed by atoms with Gasteiger partial charge in [-0.2, -0.15) is 0 Å². The number of hydrogen-bond acceptors (Lipinski definition) is 4. The Hall–Kier alpha value is -2.37. The molecule has 0 saturated carbocycles. The summed E-state index contributed by atoms with van der Waals surface area (Å²) in [4.78, 5) is 29.6. The average Bonchev–Trinajstić information content (AvgIpc) is 2.88. The molecule has 0 aliphatic heterocycles. The molecule has 0 unspecified atom stereocenters. The number of carbonyl (C=O) groups excluding carboxylic acids is 2. The van der Waals surface area contributed by atoms with Gasteiger partial charge in [0.15, 0.2) is 0 Å². The average molecular weight is 289 g/mol. The Bertz CT molecular complexity index is 603. The molecule has 0 radical (unpaired) electrons. The third-order valence-electron chi connectivity index (χ3n) is 3.14. The fraction of sp³-hybridized carbons (Fsp3) is 0.400. The van der Waals surface area contributed by atoms with Crippen LogP contribution in [0.3, 0.4) is 0 Å². The van der Waals surface area contributed by atoms with Crippen LogP contribution in [0.15, 0.2) is 30.6 Å². The summed E-state index contributed by atoms with van der Waals surface area (Å²) in [6, 6.07) is 5.68. The highest BCUT2D eigenvalue weighted by Crippen LogP contribution is 2.07. The highest BCUT2D eigenvalue weighted by molar-refractivity contribution is 5.83. The number of nitrogens with zero attached hydrogens (tertiary/aromatic N) is 3. The minimum Gasteiger partial charge on any atom is -0.468 e. The van der Waals surface area contributed by atoms with E-state index in [9.17, 15) is 9.59 Å². The largest absolute Gasteiger partial charge is 0.468 e. The number of carbonyl (C=O) groups is 2. The second-order valence-electron chi connectivity index (χ2n) is 4.77. The Kier molecular flexibility index (Phi) is 4.92. The lowest BCUT2D eigenvalue weighted by molar-refractivity contribution is -0.146. The van der Waals surface area contributed by atoms with Crippen molar-refractivity contribution in [1.29, 1.82) is 0 Å². The normalized spacial score (nSPS) is 10.6. The molecule has 0 aliphatic rings. The van der Waals surface area contributed by atoms with Gasteiger partial charge in [-0.1, -0.05) is 13.0 Å². The summed E-state index contributed by atoms with van der Waals surface area (Å²) in [5, 5.41) is 0. The van der Waals surface area contributed by atoms with E-state index in [4.69, 9.17) is 0 Å². The molecule has 0 N–H and O–H groups in total. The number of hydrogen-bond donors (Lipinski definition) is 0. The number of esters is 1. The van der Waals surface area contributed by atoms with E-state index < -0.39 is 5.97 Å². The van der Waals surface area contributed by atoms with Crippen molar-refractivity contribution in [2.45, 2.75) is 19.8 Å². The van der Waals surface area contributed by atoms with Gasteiger partial charge >= 0.3 is 5.97 Å². The van der Waals surface area contributed by atoms with E-state index in [-0.39, 0.29) is 18.9 Å². The summed E-state index contributed by atoms with van der Waals surface area (Å²) in [7, 11) is 1.32. The van der Waals surface area contributed by atoms with E-state index in [1.807, 2.05) is 41.9 Å². The van der Waals surface area contributed by atoms with Gasteiger partial charge in [-0.3, -0.25) is 9.59 Å². The highest BCUT2D eigenvalue weighted by Gasteiger charge is 2.18. The van der Waals surface area contributed by atoms with Crippen LogP contribution in [0.5, 0.6) is 0 Å². The van der Waals surface area contributed by atoms with Crippen molar-refractivity contribution in [1.82, 2.24) is 14.3 Å². The van der Waals surface area contributed by atoms with Crippen molar-refractivity contribution in [2.24, 2.45) is 0 Å². The van der Waals surface area contributed by atoms with Crippen LogP contribution in [0.1, 0.15) is 19.0 Å². The minimum atomic E-state index is -0.410. The molecule has 21 heavy (non-hydrogen) atoms. The number of ether oxygens (including phenoxy) is 1. The van der Waals surface area contributed by atoms with Crippen LogP contribution in [0.25, 0.3) is 5.65 Å². The highest BCUT2D eigenvalue weighted by atomic mass is 16.5. The summed E-state index contributed by atoms with van der Waals surface area (Å²) in [6.07, 6.45) is 4.68. The van der Waals surface area contributed by atoms with Crippen molar-refractivity contribution >= 4 is 17.5 Å². The van der Waals surface area contributed by atoms with Gasteiger partial charge in [-0.05, 0) is 18.6 Å². The van der Waals surface area contributed by atoms with Gasteiger partial charge in [0, 0.05) is 18.9 Å². The number of imidazole rings is 1. The zero-order valence-electron chi connectivity index (χ0n) is 12.3. The van der Waals surface area contributed by atoms with Gasteiger partial charge in [-0.15, -0.1) is 0 Å². The Labute approximate surface area is 123 Å². The Morgan fingerprint density at radius 2 is 2.19 bits per heavy atom. The molecular weight excluding hydrogens is 270 g/mol. The van der Waals surface area contributed by atoms with E-state index in [1.54, 1.807) is 0 Å². The third kappa shape index (κ3) is 3.81. The van der Waals surface area contributed by atoms with Gasteiger partial charge < -0.3 is 14.0 Å². The first-order valence-corrected chi connectivity index (χ1v) is 6.91. The lowest BCUT2D eigenvalue weighted by Gasteiger charge is -2.20. The van der Waals surface area contributed by atoms with Crippen LogP contribution in [0, 0.1) is 0 Å². The first-order valence-electron chi connectivity index (χ1n) is 6.91. The molecule has 0 saturated heterocycles. The van der Waals surface area contributed by atoms with Crippen molar-refractivity contribution in [2.75, 3.05) is 20.2 Å². The maximum atomic E-state index is 12.3. The van der Waals surface area contributed by atoms with Crippen LogP contribution in [0.4, 0.5) is 0 Å². The topological polar surface area (TPSA) is 63.9 Å². The zero-order chi connectivity index (χ0) is 15.2. The summed E-state index contributed by atoms with van der Waals surface area (Å²) < 4.78 is 6.49. The quantitative estimate of drug-likeness (QED) is 0.752. The molecule has 2 aromatic rings. The molecule has 112 valence electrons. The zero-order valence-corrected chi connectivity index (χ0v) is 12.3. The van der Waals surface area contributed by atoms with Crippen molar-refractivity contribution in [3.8, 4) is 0 Å². The van der Waals surface area contributed by atoms with Gasteiger partial charge in [0.1, 0.15) is 12.2 Å². The van der Waals surface area contributed by atoms with Crippen molar-refractivity contribution < 1.29 is 14.3 Å². The standard InChI is InChI=1S/C15H19N3O3/c1-3-7-18(11-15(20)21-2)14(19)9-12-10-17-8-5-4-6-13(17)16-12/h4-6,8,10H,3,7,9,11H2,1-2H3. The fourth-order valence-electron chi connectivity index (χ4n) is 2.12. The maximum absolute atomic E-state index is 12.3. The predicted molar refractivity (Wildman–Crippen MR) is 77.8 cm³/mol. The summed E-state index contributed by atoms with van der Waals surface area (Å²) in [5.41, 5.74) is 1.49. The molecule has 0 bridgehead atoms. The number of pyridine rings is 1. The molecular formula is C15H19N3O3. The smallest absolute Gasteiger partial charge is 0.325 e. The summed E-state index contributed by atoms with van der Waals surface area (Å²) >= 11 is 0. The van der Waals surface area contributed by atoms with Crippen LogP contribution in [-0.2, 0) is 20.7 Å². The van der Waals surface area contributed by atoms with E-state index in [1.165, 1.54) is 12.0 Å². The molecule has 0 aromatic carbocycles. The number of rotatable bonds is 6. The molecule has 6 nitrogen and oxygen atoms in total. The number of methoxy groups -OCH3 is 1. The SMILES string of the molecule is CCCN(CC(=O)OC)C(=O)Cc1cn2ccccc2n1. The van der Waals surface area contributed by atoms with E-state index in [0.717, 1.165) is 12.1 Å². The lowest BCUT2D eigenvalue weighted by Crippen LogP contribution is -2.37. The van der Waals surface area contributed by atoms with Gasteiger partial charge in [0.2, 0.25) is 5.91 Å². The molecule has 0 aliphatic carbocycles. The molecule has 2 rings (SSSR count). The number of aromatic nitrogens is 2. The number of amides is 1. The van der Waals surface area contributed by atoms with Crippen LogP contribution >= 0.6 is 0 Å². The van der Waals surface area contributed by atoms with E-state index in [2.05, 4.69) is 9.72 Å². The second kappa shape index (κ2) is 6.88. The van der Waals surface area contributed by atoms with Crippen LogP contribution in [0.2, 0.25) is 0 Å². The monoisotopic (exact) mass is 289 g/mol. The molecule has 0 fully saturated rings. The van der Waals surface area contributed by atoms with E-state index in [0.29, 0.717) is 12.2 Å². The Balaban J connectivity index is 2.08.